The van der Waals surface area contributed by atoms with Gasteiger partial charge in [0.25, 0.3) is 0 Å². The summed E-state index contributed by atoms with van der Waals surface area (Å²) in [6.45, 7) is 0. The summed E-state index contributed by atoms with van der Waals surface area (Å²) in [7, 11) is 0. The van der Waals surface area contributed by atoms with E-state index in [0.717, 1.165) is 11.8 Å². The standard InChI is InChI=1S/C6H6O/c1-2-4-3(1)5-6(4)7-5/h1-6H. The van der Waals surface area contributed by atoms with Crippen LogP contribution in [0.2, 0.25) is 0 Å². The normalized spacial score (nSPS) is 69.7. The second-order valence-electron chi connectivity index (χ2n) is 2.60. The number of epoxide rings is 1. The largest absolute Gasteiger partial charge is 0.368 e. The van der Waals surface area contributed by atoms with Gasteiger partial charge in [-0.15, -0.1) is 0 Å². The van der Waals surface area contributed by atoms with Crippen LogP contribution in [0, 0.1) is 11.8 Å². The number of fused-ring (bicyclic) bond motifs is 4. The number of hydrogen-bond donors (Lipinski definition) is 0. The molecule has 3 rings (SSSR count). The van der Waals surface area contributed by atoms with E-state index in [1.807, 2.05) is 0 Å². The van der Waals surface area contributed by atoms with Crippen molar-refractivity contribution in [1.82, 2.24) is 0 Å². The van der Waals surface area contributed by atoms with Crippen LogP contribution in [0.3, 0.4) is 0 Å². The van der Waals surface area contributed by atoms with Crippen molar-refractivity contribution in [2.24, 2.45) is 11.8 Å². The number of ether oxygens (including phenoxy) is 1. The van der Waals surface area contributed by atoms with Crippen molar-refractivity contribution in [1.29, 1.82) is 0 Å². The summed E-state index contributed by atoms with van der Waals surface area (Å²) in [5.74, 6) is 1.70. The lowest BCUT2D eigenvalue weighted by Gasteiger charge is -2.33. The van der Waals surface area contributed by atoms with Crippen LogP contribution in [0.5, 0.6) is 0 Å². The highest BCUT2D eigenvalue weighted by Crippen LogP contribution is 2.57. The van der Waals surface area contributed by atoms with Crippen LogP contribution in [0.4, 0.5) is 0 Å². The highest BCUT2D eigenvalue weighted by Gasteiger charge is 2.64. The minimum atomic E-state index is 0.676. The van der Waals surface area contributed by atoms with E-state index >= 15 is 0 Å². The summed E-state index contributed by atoms with van der Waals surface area (Å²) in [6, 6.07) is 0. The highest BCUT2D eigenvalue weighted by atomic mass is 16.6. The van der Waals surface area contributed by atoms with Gasteiger partial charge in [-0.2, -0.15) is 0 Å². The summed E-state index contributed by atoms with van der Waals surface area (Å²) < 4.78 is 5.25. The van der Waals surface area contributed by atoms with E-state index in [9.17, 15) is 0 Å². The summed E-state index contributed by atoms with van der Waals surface area (Å²) in [5, 5.41) is 0. The Morgan fingerprint density at radius 1 is 1.00 bits per heavy atom. The van der Waals surface area contributed by atoms with E-state index in [1.165, 1.54) is 0 Å². The molecular formula is C6H6O. The lowest BCUT2D eigenvalue weighted by Crippen LogP contribution is -2.39. The molecule has 1 heteroatoms. The van der Waals surface area contributed by atoms with Crippen LogP contribution >= 0.6 is 0 Å². The Labute approximate surface area is 42.0 Å². The molecule has 2 aliphatic carbocycles. The van der Waals surface area contributed by atoms with Gasteiger partial charge in [-0.3, -0.25) is 0 Å². The highest BCUT2D eigenvalue weighted by molar-refractivity contribution is 5.29. The molecule has 0 amide bonds. The fourth-order valence-corrected chi connectivity index (χ4v) is 1.63. The maximum absolute atomic E-state index is 5.25. The zero-order valence-corrected chi connectivity index (χ0v) is 3.87. The molecule has 1 saturated carbocycles. The molecule has 1 heterocycles. The molecule has 4 unspecified atom stereocenters. The molecule has 0 radical (unpaired) electrons. The topological polar surface area (TPSA) is 12.5 Å². The molecule has 7 heavy (non-hydrogen) atoms. The van der Waals surface area contributed by atoms with E-state index in [-0.39, 0.29) is 0 Å². The molecule has 2 fully saturated rings. The summed E-state index contributed by atoms with van der Waals surface area (Å²) in [6.07, 6.45) is 5.88. The van der Waals surface area contributed by atoms with Crippen LogP contribution in [-0.2, 0) is 4.74 Å². The van der Waals surface area contributed by atoms with Gasteiger partial charge in [0.15, 0.2) is 0 Å². The molecule has 4 atom stereocenters. The van der Waals surface area contributed by atoms with Crippen molar-refractivity contribution in [2.75, 3.05) is 0 Å². The third kappa shape index (κ3) is 0.151. The molecule has 0 aromatic heterocycles. The fourth-order valence-electron chi connectivity index (χ4n) is 1.63. The van der Waals surface area contributed by atoms with E-state index < -0.39 is 0 Å². The predicted octanol–water partition coefficient (Wildman–Crippen LogP) is 0.570. The van der Waals surface area contributed by atoms with Gasteiger partial charge in [0.1, 0.15) is 0 Å². The molecule has 0 spiro atoms. The maximum Gasteiger partial charge on any atom is 0.0917 e. The first kappa shape index (κ1) is 2.88. The molecule has 0 aromatic rings. The van der Waals surface area contributed by atoms with E-state index in [0.29, 0.717) is 12.2 Å². The quantitative estimate of drug-likeness (QED) is 0.316. The average Bonchev–Trinajstić information content (AvgIpc) is 2.14. The number of hydrogen-bond acceptors (Lipinski definition) is 1. The lowest BCUT2D eigenvalue weighted by molar-refractivity contribution is 0.323. The third-order valence-corrected chi connectivity index (χ3v) is 2.32. The lowest BCUT2D eigenvalue weighted by atomic mass is 9.66. The Morgan fingerprint density at radius 3 is 1.86 bits per heavy atom. The second-order valence-corrected chi connectivity index (χ2v) is 2.60. The van der Waals surface area contributed by atoms with Gasteiger partial charge in [0, 0.05) is 11.8 Å². The Morgan fingerprint density at radius 2 is 1.57 bits per heavy atom. The van der Waals surface area contributed by atoms with Gasteiger partial charge in [0.2, 0.25) is 0 Å². The Bertz CT molecular complexity index is 134. The second kappa shape index (κ2) is 0.583. The Balaban J connectivity index is 2.11. The zero-order valence-electron chi connectivity index (χ0n) is 3.87. The molecular weight excluding hydrogens is 88.1 g/mol. The molecule has 1 aliphatic heterocycles. The summed E-state index contributed by atoms with van der Waals surface area (Å²) >= 11 is 0. The summed E-state index contributed by atoms with van der Waals surface area (Å²) in [4.78, 5) is 0. The van der Waals surface area contributed by atoms with E-state index in [1.54, 1.807) is 0 Å². The van der Waals surface area contributed by atoms with Crippen molar-refractivity contribution in [3.63, 3.8) is 0 Å². The molecule has 1 nitrogen and oxygen atoms in total. The monoisotopic (exact) mass is 94.0 g/mol. The summed E-state index contributed by atoms with van der Waals surface area (Å²) in [5.41, 5.74) is 0. The predicted molar refractivity (Wildman–Crippen MR) is 24.8 cm³/mol. The Kier molecular flexibility index (Phi) is 0.239. The fraction of sp³-hybridized carbons (Fsp3) is 0.667. The Hall–Kier alpha value is -0.300. The number of rotatable bonds is 0. The molecule has 0 aromatic carbocycles. The smallest absolute Gasteiger partial charge is 0.0917 e. The van der Waals surface area contributed by atoms with Gasteiger partial charge < -0.3 is 4.74 Å². The van der Waals surface area contributed by atoms with E-state index in [4.69, 9.17) is 4.74 Å². The molecule has 1 saturated heterocycles. The van der Waals surface area contributed by atoms with Crippen molar-refractivity contribution in [2.45, 2.75) is 12.2 Å². The maximum atomic E-state index is 5.25. The van der Waals surface area contributed by atoms with Crippen molar-refractivity contribution >= 4 is 0 Å². The van der Waals surface area contributed by atoms with Gasteiger partial charge in [-0.1, -0.05) is 12.2 Å². The molecule has 0 bridgehead atoms. The first-order valence-electron chi connectivity index (χ1n) is 2.80. The third-order valence-electron chi connectivity index (χ3n) is 2.32. The minimum absolute atomic E-state index is 0.676. The van der Waals surface area contributed by atoms with Crippen LogP contribution in [0.15, 0.2) is 12.2 Å². The average molecular weight is 94.1 g/mol. The minimum Gasteiger partial charge on any atom is -0.368 e. The van der Waals surface area contributed by atoms with Crippen molar-refractivity contribution < 1.29 is 4.74 Å². The van der Waals surface area contributed by atoms with Crippen LogP contribution in [0.1, 0.15) is 0 Å². The van der Waals surface area contributed by atoms with E-state index in [2.05, 4.69) is 12.2 Å². The van der Waals surface area contributed by atoms with Crippen molar-refractivity contribution in [3.05, 3.63) is 12.2 Å². The van der Waals surface area contributed by atoms with Crippen molar-refractivity contribution in [3.8, 4) is 0 Å². The van der Waals surface area contributed by atoms with Gasteiger partial charge in [0.05, 0.1) is 12.2 Å². The molecule has 36 valence electrons. The SMILES string of the molecule is C1=CC2C1C1OC21. The molecule has 3 aliphatic rings. The first-order chi connectivity index (χ1) is 3.47. The van der Waals surface area contributed by atoms with Gasteiger partial charge >= 0.3 is 0 Å². The first-order valence-corrected chi connectivity index (χ1v) is 2.80. The van der Waals surface area contributed by atoms with Crippen LogP contribution in [0.25, 0.3) is 0 Å². The van der Waals surface area contributed by atoms with Gasteiger partial charge in [-0.25, -0.2) is 0 Å². The van der Waals surface area contributed by atoms with Crippen LogP contribution < -0.4 is 0 Å². The van der Waals surface area contributed by atoms with Gasteiger partial charge in [-0.05, 0) is 0 Å². The zero-order chi connectivity index (χ0) is 4.43. The molecule has 0 N–H and O–H groups in total. The van der Waals surface area contributed by atoms with Crippen LogP contribution in [-0.4, -0.2) is 12.2 Å².